The Morgan fingerprint density at radius 1 is 0.711 bits per heavy atom. The number of allylic oxidation sites excluding steroid dienone is 2. The third kappa shape index (κ3) is 7.83. The van der Waals surface area contributed by atoms with Gasteiger partial charge in [0, 0.05) is 5.41 Å². The molecule has 202 valence electrons. The van der Waals surface area contributed by atoms with Crippen LogP contribution in [0.2, 0.25) is 0 Å². The summed E-state index contributed by atoms with van der Waals surface area (Å²) < 4.78 is 0. The minimum Gasteiger partial charge on any atom is -0.100 e. The fourth-order valence-electron chi connectivity index (χ4n) is 5.75. The van der Waals surface area contributed by atoms with E-state index in [0.29, 0.717) is 0 Å². The summed E-state index contributed by atoms with van der Waals surface area (Å²) in [6.07, 6.45) is 7.87. The summed E-state index contributed by atoms with van der Waals surface area (Å²) in [4.78, 5) is 0. The van der Waals surface area contributed by atoms with Gasteiger partial charge >= 0.3 is 0 Å². The predicted octanol–water partition coefficient (Wildman–Crippen LogP) is 10.8. The minimum absolute atomic E-state index is 0.0880. The zero-order valence-corrected chi connectivity index (χ0v) is 25.2. The fourth-order valence-corrected chi connectivity index (χ4v) is 5.75. The molecule has 0 radical (unpaired) electrons. The number of unbranched alkanes of at least 4 members (excludes halogenated alkanes) is 2. The average Bonchev–Trinajstić information content (AvgIpc) is 2.83. The molecule has 0 nitrogen and oxygen atoms in total. The zero-order valence-electron chi connectivity index (χ0n) is 25.2. The molecule has 0 heteroatoms. The van der Waals surface area contributed by atoms with E-state index >= 15 is 0 Å². The maximum Gasteiger partial charge on any atom is 0.0280 e. The van der Waals surface area contributed by atoms with Crippen molar-refractivity contribution >= 4 is 0 Å². The van der Waals surface area contributed by atoms with Gasteiger partial charge in [0.1, 0.15) is 0 Å². The van der Waals surface area contributed by atoms with Crippen molar-refractivity contribution in [2.24, 2.45) is 0 Å². The zero-order chi connectivity index (χ0) is 27.9. The summed E-state index contributed by atoms with van der Waals surface area (Å²) in [7, 11) is 0. The van der Waals surface area contributed by atoms with Gasteiger partial charge in [0.05, 0.1) is 0 Å². The van der Waals surface area contributed by atoms with Gasteiger partial charge in [-0.15, -0.1) is 13.2 Å². The molecule has 0 fully saturated rings. The smallest absolute Gasteiger partial charge is 0.0280 e. The van der Waals surface area contributed by atoms with Gasteiger partial charge in [0.25, 0.3) is 0 Å². The fraction of sp³-hybridized carbons (Fsp3) is 0.421. The van der Waals surface area contributed by atoms with Gasteiger partial charge in [-0.2, -0.15) is 0 Å². The van der Waals surface area contributed by atoms with E-state index in [1.165, 1.54) is 69.4 Å². The summed E-state index contributed by atoms with van der Waals surface area (Å²) in [6.45, 7) is 24.3. The molecular weight excluding hydrogens is 456 g/mol. The first-order valence-corrected chi connectivity index (χ1v) is 14.5. The lowest BCUT2D eigenvalue weighted by Crippen LogP contribution is -2.32. The second-order valence-electron chi connectivity index (χ2n) is 12.9. The number of benzene rings is 3. The largest absolute Gasteiger partial charge is 0.100 e. The van der Waals surface area contributed by atoms with Gasteiger partial charge in [-0.25, -0.2) is 0 Å². The van der Waals surface area contributed by atoms with Gasteiger partial charge < -0.3 is 0 Å². The maximum absolute atomic E-state index is 4.44. The molecule has 1 unspecified atom stereocenters. The summed E-state index contributed by atoms with van der Waals surface area (Å²) >= 11 is 0. The highest BCUT2D eigenvalue weighted by molar-refractivity contribution is 5.49. The molecule has 0 aromatic heterocycles. The summed E-state index contributed by atoms with van der Waals surface area (Å²) in [6, 6.07) is 25.6. The van der Waals surface area contributed by atoms with Crippen LogP contribution in [0.1, 0.15) is 106 Å². The average molecular weight is 507 g/mol. The highest BCUT2D eigenvalue weighted by Gasteiger charge is 2.36. The lowest BCUT2D eigenvalue weighted by molar-refractivity contribution is 0.500. The Labute approximate surface area is 233 Å². The Kier molecular flexibility index (Phi) is 10.00. The molecule has 3 aromatic carbocycles. The molecule has 3 rings (SSSR count). The molecule has 0 aliphatic rings. The number of hydrogen-bond donors (Lipinski definition) is 0. The Hall–Kier alpha value is -2.86. The standard InChI is InChI=1S/C38H50/c1-28(2)16-12-10-15-19-33-24-34(21-20-31(33)6)38(26-29(3)4,27-32-17-13-11-14-18-32)36-23-30(5)22-35(25-36)37(7,8)9/h11,13-14,17-18,20-25H,1,3,10,12,15-16,19,26-27H2,2,4-9H3. The van der Waals surface area contributed by atoms with Gasteiger partial charge in [-0.05, 0) is 105 Å². The van der Waals surface area contributed by atoms with Crippen LogP contribution in [0.4, 0.5) is 0 Å². The molecule has 0 bridgehead atoms. The molecule has 0 N–H and O–H groups in total. The molecule has 0 amide bonds. The van der Waals surface area contributed by atoms with E-state index in [9.17, 15) is 0 Å². The van der Waals surface area contributed by atoms with E-state index in [0.717, 1.165) is 25.7 Å². The van der Waals surface area contributed by atoms with Gasteiger partial charge in [0.2, 0.25) is 0 Å². The Morgan fingerprint density at radius 3 is 2.03 bits per heavy atom. The number of hydrogen-bond acceptors (Lipinski definition) is 0. The monoisotopic (exact) mass is 506 g/mol. The van der Waals surface area contributed by atoms with Crippen LogP contribution < -0.4 is 0 Å². The topological polar surface area (TPSA) is 0 Å². The molecule has 0 saturated heterocycles. The van der Waals surface area contributed by atoms with Crippen molar-refractivity contribution in [2.75, 3.05) is 0 Å². The van der Waals surface area contributed by atoms with Crippen LogP contribution in [0, 0.1) is 13.8 Å². The Balaban J connectivity index is 2.16. The Morgan fingerprint density at radius 2 is 1.39 bits per heavy atom. The third-order valence-corrected chi connectivity index (χ3v) is 7.90. The SMILES string of the molecule is C=C(C)CCCCCc1cc(C(CC(=C)C)(Cc2ccccc2)c2cc(C)cc(C(C)(C)C)c2)ccc1C. The first kappa shape index (κ1) is 29.7. The van der Waals surface area contributed by atoms with Crippen molar-refractivity contribution in [3.05, 3.63) is 130 Å². The molecule has 3 aromatic rings. The summed E-state index contributed by atoms with van der Waals surface area (Å²) in [5, 5.41) is 0. The predicted molar refractivity (Wildman–Crippen MR) is 168 cm³/mol. The van der Waals surface area contributed by atoms with Crippen molar-refractivity contribution in [1.82, 2.24) is 0 Å². The molecule has 1 atom stereocenters. The quantitative estimate of drug-likeness (QED) is 0.169. The maximum atomic E-state index is 4.44. The third-order valence-electron chi connectivity index (χ3n) is 7.90. The van der Waals surface area contributed by atoms with Crippen molar-refractivity contribution in [2.45, 2.75) is 104 Å². The van der Waals surface area contributed by atoms with E-state index in [1.807, 2.05) is 0 Å². The summed E-state index contributed by atoms with van der Waals surface area (Å²) in [5.74, 6) is 0. The van der Waals surface area contributed by atoms with Gasteiger partial charge in [-0.1, -0.05) is 111 Å². The Bertz CT molecular complexity index is 1230. The van der Waals surface area contributed by atoms with Crippen molar-refractivity contribution in [1.29, 1.82) is 0 Å². The normalized spacial score (nSPS) is 13.2. The van der Waals surface area contributed by atoms with E-state index in [4.69, 9.17) is 0 Å². The molecule has 0 aliphatic heterocycles. The van der Waals surface area contributed by atoms with Crippen LogP contribution in [0.3, 0.4) is 0 Å². The first-order chi connectivity index (χ1) is 17.9. The second kappa shape index (κ2) is 12.8. The second-order valence-corrected chi connectivity index (χ2v) is 12.9. The van der Waals surface area contributed by atoms with Crippen LogP contribution in [0.15, 0.2) is 91.0 Å². The van der Waals surface area contributed by atoms with Gasteiger partial charge in [-0.3, -0.25) is 0 Å². The number of aryl methyl sites for hydroxylation is 3. The molecule has 38 heavy (non-hydrogen) atoms. The van der Waals surface area contributed by atoms with Crippen LogP contribution >= 0.6 is 0 Å². The minimum atomic E-state index is -0.179. The van der Waals surface area contributed by atoms with Crippen molar-refractivity contribution in [3.63, 3.8) is 0 Å². The lowest BCUT2D eigenvalue weighted by Gasteiger charge is -2.38. The van der Waals surface area contributed by atoms with E-state index < -0.39 is 0 Å². The molecule has 0 spiro atoms. The molecule has 0 aliphatic carbocycles. The van der Waals surface area contributed by atoms with Crippen LogP contribution in [-0.2, 0) is 23.7 Å². The molecular formula is C38H50. The van der Waals surface area contributed by atoms with Crippen LogP contribution in [-0.4, -0.2) is 0 Å². The first-order valence-electron chi connectivity index (χ1n) is 14.5. The van der Waals surface area contributed by atoms with Crippen LogP contribution in [0.5, 0.6) is 0 Å². The highest BCUT2D eigenvalue weighted by atomic mass is 14.4. The van der Waals surface area contributed by atoms with Crippen LogP contribution in [0.25, 0.3) is 0 Å². The summed E-state index contributed by atoms with van der Waals surface area (Å²) in [5.41, 5.74) is 12.2. The van der Waals surface area contributed by atoms with Crippen molar-refractivity contribution in [3.8, 4) is 0 Å². The lowest BCUT2D eigenvalue weighted by atomic mass is 9.65. The van der Waals surface area contributed by atoms with E-state index in [2.05, 4.69) is 128 Å². The highest BCUT2D eigenvalue weighted by Crippen LogP contribution is 2.43. The van der Waals surface area contributed by atoms with Crippen molar-refractivity contribution < 1.29 is 0 Å². The molecule has 0 heterocycles. The van der Waals surface area contributed by atoms with E-state index in [-0.39, 0.29) is 10.8 Å². The number of rotatable bonds is 12. The molecule has 0 saturated carbocycles. The van der Waals surface area contributed by atoms with E-state index in [1.54, 1.807) is 0 Å². The van der Waals surface area contributed by atoms with Gasteiger partial charge in [0.15, 0.2) is 0 Å².